The van der Waals surface area contributed by atoms with Crippen molar-refractivity contribution in [3.63, 3.8) is 0 Å². The molecular weight excluding hydrogens is 440 g/mol. The van der Waals surface area contributed by atoms with Gasteiger partial charge >= 0.3 is 18.0 Å². The minimum atomic E-state index is -1.75. The Balaban J connectivity index is 1.71. The molecule has 0 saturated carbocycles. The highest BCUT2D eigenvalue weighted by Crippen LogP contribution is 2.44. The van der Waals surface area contributed by atoms with Crippen LogP contribution in [0.1, 0.15) is 37.8 Å². The fourth-order valence-corrected chi connectivity index (χ4v) is 3.97. The normalized spacial score (nSPS) is 13.9. The van der Waals surface area contributed by atoms with Crippen LogP contribution in [0.3, 0.4) is 0 Å². The molecule has 34 heavy (non-hydrogen) atoms. The molecule has 9 heteroatoms. The molecule has 2 aromatic carbocycles. The van der Waals surface area contributed by atoms with Crippen molar-refractivity contribution < 1.29 is 33.8 Å². The van der Waals surface area contributed by atoms with Crippen LogP contribution in [0.5, 0.6) is 0 Å². The van der Waals surface area contributed by atoms with E-state index in [-0.39, 0.29) is 19.1 Å². The Morgan fingerprint density at radius 3 is 1.97 bits per heavy atom. The van der Waals surface area contributed by atoms with Gasteiger partial charge in [-0.1, -0.05) is 62.4 Å². The van der Waals surface area contributed by atoms with E-state index in [0.717, 1.165) is 22.3 Å². The van der Waals surface area contributed by atoms with Gasteiger partial charge in [-0.3, -0.25) is 10.1 Å². The van der Waals surface area contributed by atoms with Gasteiger partial charge < -0.3 is 19.9 Å². The van der Waals surface area contributed by atoms with Crippen LogP contribution >= 0.6 is 0 Å². The minimum Gasteiger partial charge on any atom is -0.480 e. The predicted octanol–water partition coefficient (Wildman–Crippen LogP) is 2.68. The largest absolute Gasteiger partial charge is 0.480 e. The molecule has 0 aromatic heterocycles. The van der Waals surface area contributed by atoms with Crippen LogP contribution in [0.15, 0.2) is 48.5 Å². The number of amides is 2. The van der Waals surface area contributed by atoms with E-state index in [1.165, 1.54) is 0 Å². The smallest absolute Gasteiger partial charge is 0.408 e. The summed E-state index contributed by atoms with van der Waals surface area (Å²) in [5.41, 5.74) is 4.14. The number of ether oxygens (including phenoxy) is 2. The van der Waals surface area contributed by atoms with Crippen molar-refractivity contribution in [2.75, 3.05) is 13.2 Å². The molecule has 1 unspecified atom stereocenters. The Morgan fingerprint density at radius 1 is 0.912 bits per heavy atom. The average Bonchev–Trinajstić information content (AvgIpc) is 3.13. The molecule has 180 valence electrons. The number of hydrogen-bond donors (Lipinski definition) is 3. The molecule has 3 N–H and O–H groups in total. The second kappa shape index (κ2) is 10.8. The zero-order valence-corrected chi connectivity index (χ0v) is 19.2. The van der Waals surface area contributed by atoms with Gasteiger partial charge in [-0.05, 0) is 35.1 Å². The van der Waals surface area contributed by atoms with Crippen molar-refractivity contribution in [2.24, 2.45) is 5.92 Å². The minimum absolute atomic E-state index is 0.0131. The van der Waals surface area contributed by atoms with Gasteiger partial charge in [0, 0.05) is 5.92 Å². The van der Waals surface area contributed by atoms with Crippen LogP contribution < -0.4 is 10.6 Å². The Morgan fingerprint density at radius 2 is 1.47 bits per heavy atom. The fourth-order valence-electron chi connectivity index (χ4n) is 3.97. The molecule has 2 atom stereocenters. The van der Waals surface area contributed by atoms with Crippen molar-refractivity contribution in [3.8, 4) is 11.1 Å². The lowest BCUT2D eigenvalue weighted by Gasteiger charge is -2.22. The Kier molecular flexibility index (Phi) is 7.88. The molecule has 3 rings (SSSR count). The lowest BCUT2D eigenvalue weighted by atomic mass is 9.98. The maximum Gasteiger partial charge on any atom is 0.408 e. The maximum absolute atomic E-state index is 12.7. The van der Waals surface area contributed by atoms with E-state index in [2.05, 4.69) is 10.6 Å². The first-order chi connectivity index (χ1) is 16.2. The summed E-state index contributed by atoms with van der Waals surface area (Å²) >= 11 is 0. The molecule has 1 aliphatic rings. The number of nitrogens with one attached hydrogen (secondary N) is 2. The SMILES string of the molecule is CCOC(=O)C(NC(=O)OCC1c2ccccc2-c2ccccc21)C(=O)N[C@@H](C(=O)O)C(C)C. The molecule has 0 heterocycles. The zero-order chi connectivity index (χ0) is 24.8. The zero-order valence-electron chi connectivity index (χ0n) is 19.2. The molecule has 2 aromatic rings. The van der Waals surface area contributed by atoms with Crippen molar-refractivity contribution in [3.05, 3.63) is 59.7 Å². The third-order valence-electron chi connectivity index (χ3n) is 5.62. The van der Waals surface area contributed by atoms with E-state index in [0.29, 0.717) is 0 Å². The van der Waals surface area contributed by atoms with E-state index in [9.17, 15) is 24.3 Å². The highest BCUT2D eigenvalue weighted by atomic mass is 16.6. The Hall–Kier alpha value is -3.88. The molecule has 0 bridgehead atoms. The van der Waals surface area contributed by atoms with Gasteiger partial charge in [-0.2, -0.15) is 0 Å². The van der Waals surface area contributed by atoms with Crippen LogP contribution in [0, 0.1) is 5.92 Å². The highest BCUT2D eigenvalue weighted by molar-refractivity contribution is 6.05. The number of carbonyl (C=O) groups is 4. The van der Waals surface area contributed by atoms with Gasteiger partial charge in [0.2, 0.25) is 6.04 Å². The van der Waals surface area contributed by atoms with Gasteiger partial charge in [-0.15, -0.1) is 0 Å². The van der Waals surface area contributed by atoms with E-state index in [1.807, 2.05) is 48.5 Å². The summed E-state index contributed by atoms with van der Waals surface area (Å²) in [6, 6.07) is 12.6. The lowest BCUT2D eigenvalue weighted by molar-refractivity contribution is -0.151. The number of benzene rings is 2. The monoisotopic (exact) mass is 468 g/mol. The topological polar surface area (TPSA) is 131 Å². The quantitative estimate of drug-likeness (QED) is 0.381. The number of carboxylic acid groups (broad SMARTS) is 1. The Bertz CT molecular complexity index is 1040. The molecule has 1 aliphatic carbocycles. The van der Waals surface area contributed by atoms with Gasteiger partial charge in [-0.25, -0.2) is 14.4 Å². The second-order valence-electron chi connectivity index (χ2n) is 8.22. The van der Waals surface area contributed by atoms with E-state index in [4.69, 9.17) is 9.47 Å². The van der Waals surface area contributed by atoms with Crippen LogP contribution in [-0.2, 0) is 23.9 Å². The van der Waals surface area contributed by atoms with Gasteiger partial charge in [0.15, 0.2) is 0 Å². The number of esters is 1. The second-order valence-corrected chi connectivity index (χ2v) is 8.22. The van der Waals surface area contributed by atoms with Crippen LogP contribution in [-0.4, -0.2) is 54.3 Å². The fraction of sp³-hybridized carbons (Fsp3) is 0.360. The molecular formula is C25H28N2O7. The molecule has 0 radical (unpaired) electrons. The Labute approximate surface area is 197 Å². The summed E-state index contributed by atoms with van der Waals surface area (Å²) in [4.78, 5) is 49.0. The number of alkyl carbamates (subject to hydrolysis) is 1. The summed E-state index contributed by atoms with van der Waals surface area (Å²) in [5.74, 6) is -3.91. The molecule has 0 fully saturated rings. The summed E-state index contributed by atoms with van der Waals surface area (Å²) in [6.45, 7) is 4.73. The summed E-state index contributed by atoms with van der Waals surface area (Å²) in [7, 11) is 0. The summed E-state index contributed by atoms with van der Waals surface area (Å²) in [5, 5.41) is 13.8. The number of rotatable bonds is 9. The van der Waals surface area contributed by atoms with Gasteiger partial charge in [0.25, 0.3) is 5.91 Å². The summed E-state index contributed by atoms with van der Waals surface area (Å²) < 4.78 is 10.3. The first-order valence-electron chi connectivity index (χ1n) is 11.1. The third kappa shape index (κ3) is 5.36. The van der Waals surface area contributed by atoms with Crippen molar-refractivity contribution >= 4 is 23.9 Å². The first-order valence-corrected chi connectivity index (χ1v) is 11.1. The molecule has 0 aliphatic heterocycles. The van der Waals surface area contributed by atoms with E-state index >= 15 is 0 Å². The average molecular weight is 469 g/mol. The number of fused-ring (bicyclic) bond motifs is 3. The van der Waals surface area contributed by atoms with Crippen LogP contribution in [0.2, 0.25) is 0 Å². The number of hydrogen-bond acceptors (Lipinski definition) is 6. The van der Waals surface area contributed by atoms with Crippen molar-refractivity contribution in [1.29, 1.82) is 0 Å². The van der Waals surface area contributed by atoms with Crippen LogP contribution in [0.4, 0.5) is 4.79 Å². The van der Waals surface area contributed by atoms with Crippen molar-refractivity contribution in [1.82, 2.24) is 10.6 Å². The molecule has 2 amide bonds. The van der Waals surface area contributed by atoms with E-state index in [1.54, 1.807) is 20.8 Å². The number of carboxylic acids is 1. The summed E-state index contributed by atoms with van der Waals surface area (Å²) in [6.07, 6.45) is -0.994. The molecule has 0 spiro atoms. The maximum atomic E-state index is 12.7. The predicted molar refractivity (Wildman–Crippen MR) is 123 cm³/mol. The van der Waals surface area contributed by atoms with Crippen LogP contribution in [0.25, 0.3) is 11.1 Å². The van der Waals surface area contributed by atoms with E-state index < -0.39 is 41.9 Å². The lowest BCUT2D eigenvalue weighted by Crippen LogP contribution is -2.56. The van der Waals surface area contributed by atoms with Gasteiger partial charge in [0.05, 0.1) is 6.61 Å². The molecule has 9 nitrogen and oxygen atoms in total. The highest BCUT2D eigenvalue weighted by Gasteiger charge is 2.35. The number of aliphatic carboxylic acids is 1. The third-order valence-corrected chi connectivity index (χ3v) is 5.62. The standard InChI is InChI=1S/C25H28N2O7/c1-4-33-24(31)21(22(28)26-20(14(2)3)23(29)30)27-25(32)34-13-19-17-11-7-5-9-15(17)16-10-6-8-12-18(16)19/h5-12,14,19-21H,4,13H2,1-3H3,(H,26,28)(H,27,32)(H,29,30)/t20-,21?/m1/s1. The molecule has 0 saturated heterocycles. The van der Waals surface area contributed by atoms with Gasteiger partial charge in [0.1, 0.15) is 12.6 Å². The van der Waals surface area contributed by atoms with Crippen molar-refractivity contribution in [2.45, 2.75) is 38.8 Å². The number of carbonyl (C=O) groups excluding carboxylic acids is 3. The first kappa shape index (κ1) is 24.8.